The van der Waals surface area contributed by atoms with E-state index in [9.17, 15) is 4.39 Å². The van der Waals surface area contributed by atoms with Crippen molar-refractivity contribution in [3.05, 3.63) is 30.1 Å². The molecule has 0 radical (unpaired) electrons. The van der Waals surface area contributed by atoms with Gasteiger partial charge in [0.05, 0.1) is 6.61 Å². The first-order chi connectivity index (χ1) is 10.3. The molecule has 1 heterocycles. The fourth-order valence-electron chi connectivity index (χ4n) is 2.35. The zero-order chi connectivity index (χ0) is 14.9. The minimum Gasteiger partial charge on any atom is -0.494 e. The molecule has 1 fully saturated rings. The number of ether oxygens (including phenoxy) is 1. The van der Waals surface area contributed by atoms with Crippen LogP contribution in [-0.2, 0) is 0 Å². The van der Waals surface area contributed by atoms with E-state index in [-0.39, 0.29) is 29.8 Å². The van der Waals surface area contributed by atoms with Crippen LogP contribution in [0.15, 0.2) is 29.3 Å². The maximum atomic E-state index is 12.7. The summed E-state index contributed by atoms with van der Waals surface area (Å²) in [6, 6.07) is 6.08. The second kappa shape index (κ2) is 10.6. The Morgan fingerprint density at radius 2 is 1.82 bits per heavy atom. The van der Waals surface area contributed by atoms with Crippen molar-refractivity contribution in [2.45, 2.75) is 32.1 Å². The standard InChI is InChI=1S/C16H24FN3O.HI/c17-14-6-8-15(9-7-14)21-13-5-2-10-19-16(18)20-11-3-1-4-12-20;/h6-9H,1-5,10-13H2,(H2,18,19);1H. The summed E-state index contributed by atoms with van der Waals surface area (Å²) < 4.78 is 18.2. The maximum Gasteiger partial charge on any atom is 0.191 e. The SMILES string of the molecule is I.NC(=NCCCCOc1ccc(F)cc1)N1CCCCC1. The fourth-order valence-corrected chi connectivity index (χ4v) is 2.35. The molecule has 0 aromatic heterocycles. The van der Waals surface area contributed by atoms with Crippen molar-refractivity contribution in [2.75, 3.05) is 26.2 Å². The van der Waals surface area contributed by atoms with E-state index in [2.05, 4.69) is 9.89 Å². The largest absolute Gasteiger partial charge is 0.494 e. The van der Waals surface area contributed by atoms with Gasteiger partial charge < -0.3 is 15.4 Å². The van der Waals surface area contributed by atoms with Crippen LogP contribution in [0.1, 0.15) is 32.1 Å². The first kappa shape index (κ1) is 19.0. The molecule has 6 heteroatoms. The van der Waals surface area contributed by atoms with Gasteiger partial charge in [0, 0.05) is 19.6 Å². The predicted octanol–water partition coefficient (Wildman–Crippen LogP) is 3.40. The van der Waals surface area contributed by atoms with Crippen LogP contribution in [0, 0.1) is 5.82 Å². The molecule has 0 spiro atoms. The topological polar surface area (TPSA) is 50.9 Å². The smallest absolute Gasteiger partial charge is 0.191 e. The highest BCUT2D eigenvalue weighted by atomic mass is 127. The third-order valence-corrected chi connectivity index (χ3v) is 3.59. The molecule has 1 aromatic rings. The lowest BCUT2D eigenvalue weighted by molar-refractivity contribution is 0.307. The number of nitrogens with two attached hydrogens (primary N) is 1. The van der Waals surface area contributed by atoms with Crippen LogP contribution in [0.4, 0.5) is 4.39 Å². The highest BCUT2D eigenvalue weighted by Crippen LogP contribution is 2.11. The van der Waals surface area contributed by atoms with Gasteiger partial charge in [-0.3, -0.25) is 4.99 Å². The number of unbranched alkanes of at least 4 members (excludes halogenated alkanes) is 1. The molecule has 1 aliphatic rings. The van der Waals surface area contributed by atoms with Gasteiger partial charge in [0.2, 0.25) is 0 Å². The molecule has 1 saturated heterocycles. The Kier molecular flexibility index (Phi) is 9.19. The Labute approximate surface area is 148 Å². The fraction of sp³-hybridized carbons (Fsp3) is 0.562. The van der Waals surface area contributed by atoms with Crippen LogP contribution in [0.5, 0.6) is 5.75 Å². The van der Waals surface area contributed by atoms with Crippen LogP contribution in [0.25, 0.3) is 0 Å². The zero-order valence-electron chi connectivity index (χ0n) is 12.8. The van der Waals surface area contributed by atoms with Gasteiger partial charge >= 0.3 is 0 Å². The molecule has 0 aliphatic carbocycles. The van der Waals surface area contributed by atoms with Crippen LogP contribution >= 0.6 is 24.0 Å². The van der Waals surface area contributed by atoms with E-state index in [1.54, 1.807) is 12.1 Å². The summed E-state index contributed by atoms with van der Waals surface area (Å²) in [5.74, 6) is 1.13. The van der Waals surface area contributed by atoms with Crippen LogP contribution in [0.3, 0.4) is 0 Å². The van der Waals surface area contributed by atoms with E-state index in [0.29, 0.717) is 18.3 Å². The third-order valence-electron chi connectivity index (χ3n) is 3.59. The first-order valence-corrected chi connectivity index (χ1v) is 7.69. The molecule has 0 atom stereocenters. The molecule has 124 valence electrons. The number of hydrogen-bond donors (Lipinski definition) is 1. The Morgan fingerprint density at radius 3 is 2.50 bits per heavy atom. The summed E-state index contributed by atoms with van der Waals surface area (Å²) in [5, 5.41) is 0. The summed E-state index contributed by atoms with van der Waals surface area (Å²) >= 11 is 0. The summed E-state index contributed by atoms with van der Waals surface area (Å²) in [6.07, 6.45) is 5.57. The maximum absolute atomic E-state index is 12.7. The number of aliphatic imine (C=N–C) groups is 1. The Balaban J connectivity index is 0.00000242. The van der Waals surface area contributed by atoms with Gasteiger partial charge in [0.15, 0.2) is 5.96 Å². The van der Waals surface area contributed by atoms with Crippen molar-refractivity contribution in [3.8, 4) is 5.75 Å². The molecule has 0 saturated carbocycles. The molecule has 0 amide bonds. The number of rotatable bonds is 6. The summed E-state index contributed by atoms with van der Waals surface area (Å²) in [6.45, 7) is 3.41. The Hall–Kier alpha value is -1.05. The van der Waals surface area contributed by atoms with E-state index < -0.39 is 0 Å². The average Bonchev–Trinajstić information content (AvgIpc) is 2.53. The predicted molar refractivity (Wildman–Crippen MR) is 98.5 cm³/mol. The molecular weight excluding hydrogens is 396 g/mol. The molecule has 0 unspecified atom stereocenters. The van der Waals surface area contributed by atoms with Gasteiger partial charge in [-0.05, 0) is 56.4 Å². The number of piperidine rings is 1. The lowest BCUT2D eigenvalue weighted by Gasteiger charge is -2.27. The lowest BCUT2D eigenvalue weighted by atomic mass is 10.1. The minimum absolute atomic E-state index is 0. The van der Waals surface area contributed by atoms with Crippen molar-refractivity contribution in [2.24, 2.45) is 10.7 Å². The van der Waals surface area contributed by atoms with E-state index in [0.717, 1.165) is 32.5 Å². The summed E-state index contributed by atoms with van der Waals surface area (Å²) in [5.41, 5.74) is 5.98. The second-order valence-electron chi connectivity index (χ2n) is 5.30. The van der Waals surface area contributed by atoms with Gasteiger partial charge in [-0.2, -0.15) is 0 Å². The van der Waals surface area contributed by atoms with Crippen LogP contribution in [-0.4, -0.2) is 37.1 Å². The summed E-state index contributed by atoms with van der Waals surface area (Å²) in [4.78, 5) is 6.58. The van der Waals surface area contributed by atoms with Gasteiger partial charge in [0.1, 0.15) is 11.6 Å². The van der Waals surface area contributed by atoms with E-state index in [4.69, 9.17) is 10.5 Å². The molecule has 2 N–H and O–H groups in total. The van der Waals surface area contributed by atoms with Gasteiger partial charge in [0.25, 0.3) is 0 Å². The molecule has 22 heavy (non-hydrogen) atoms. The van der Waals surface area contributed by atoms with Gasteiger partial charge in [-0.1, -0.05) is 0 Å². The molecule has 1 aliphatic heterocycles. The van der Waals surface area contributed by atoms with Crippen molar-refractivity contribution < 1.29 is 9.13 Å². The molecule has 4 nitrogen and oxygen atoms in total. The highest BCUT2D eigenvalue weighted by Gasteiger charge is 2.11. The number of guanidine groups is 1. The zero-order valence-corrected chi connectivity index (χ0v) is 15.2. The molecule has 2 rings (SSSR count). The van der Waals surface area contributed by atoms with E-state index >= 15 is 0 Å². The van der Waals surface area contributed by atoms with Crippen LogP contribution < -0.4 is 10.5 Å². The van der Waals surface area contributed by atoms with E-state index in [1.165, 1.54) is 31.4 Å². The Morgan fingerprint density at radius 1 is 1.14 bits per heavy atom. The normalized spacial score (nSPS) is 15.3. The van der Waals surface area contributed by atoms with Crippen molar-refractivity contribution in [1.82, 2.24) is 4.90 Å². The summed E-state index contributed by atoms with van der Waals surface area (Å²) in [7, 11) is 0. The quantitative estimate of drug-likeness (QED) is 0.332. The molecular formula is C16H25FIN3O. The minimum atomic E-state index is -0.245. The number of likely N-dealkylation sites (tertiary alicyclic amines) is 1. The number of benzene rings is 1. The van der Waals surface area contributed by atoms with Crippen molar-refractivity contribution in [3.63, 3.8) is 0 Å². The molecule has 0 bridgehead atoms. The second-order valence-corrected chi connectivity index (χ2v) is 5.30. The number of halogens is 2. The molecule has 1 aromatic carbocycles. The van der Waals surface area contributed by atoms with Gasteiger partial charge in [-0.15, -0.1) is 24.0 Å². The van der Waals surface area contributed by atoms with Crippen molar-refractivity contribution in [1.29, 1.82) is 0 Å². The monoisotopic (exact) mass is 421 g/mol. The lowest BCUT2D eigenvalue weighted by Crippen LogP contribution is -2.40. The number of hydrogen-bond acceptors (Lipinski definition) is 2. The first-order valence-electron chi connectivity index (χ1n) is 7.69. The third kappa shape index (κ3) is 6.81. The van der Waals surface area contributed by atoms with Crippen molar-refractivity contribution >= 4 is 29.9 Å². The van der Waals surface area contributed by atoms with Crippen LogP contribution in [0.2, 0.25) is 0 Å². The average molecular weight is 421 g/mol. The van der Waals surface area contributed by atoms with E-state index in [1.807, 2.05) is 0 Å². The van der Waals surface area contributed by atoms with Gasteiger partial charge in [-0.25, -0.2) is 4.39 Å². The Bertz CT molecular complexity index is 447. The number of nitrogens with zero attached hydrogens (tertiary/aromatic N) is 2. The highest BCUT2D eigenvalue weighted by molar-refractivity contribution is 14.0.